The summed E-state index contributed by atoms with van der Waals surface area (Å²) in [6.07, 6.45) is 9.25. The van der Waals surface area contributed by atoms with Crippen LogP contribution in [-0.4, -0.2) is 45.3 Å². The quantitative estimate of drug-likeness (QED) is 0.542. The number of rotatable bonds is 9. The topological polar surface area (TPSA) is 105 Å². The summed E-state index contributed by atoms with van der Waals surface area (Å²) in [6, 6.07) is 4.13. The maximum atomic E-state index is 12.9. The first kappa shape index (κ1) is 20.8. The average Bonchev–Trinajstić information content (AvgIpc) is 3.20. The standard InChI is InChI=1S/C20H28N2O5S/c23-20(24)16-8-9-18(21-14-17-7-4-12-27-17)19(13-16)28(25,26)22-11-10-15-5-2-1-3-6-15/h5,8-9,13,17,21-22H,1-4,6-7,10-12,14H2,(H,23,24). The molecule has 7 nitrogen and oxygen atoms in total. The molecule has 1 aliphatic heterocycles. The van der Waals surface area contributed by atoms with Crippen LogP contribution < -0.4 is 10.0 Å². The number of carboxylic acid groups (broad SMARTS) is 1. The van der Waals surface area contributed by atoms with Crippen molar-refractivity contribution in [2.75, 3.05) is 25.0 Å². The van der Waals surface area contributed by atoms with Crippen molar-refractivity contribution in [2.24, 2.45) is 0 Å². The Hall–Kier alpha value is -1.90. The van der Waals surface area contributed by atoms with Crippen LogP contribution in [0.3, 0.4) is 0 Å². The summed E-state index contributed by atoms with van der Waals surface area (Å²) >= 11 is 0. The summed E-state index contributed by atoms with van der Waals surface area (Å²) in [5, 5.41) is 12.4. The number of benzene rings is 1. The Balaban J connectivity index is 1.72. The van der Waals surface area contributed by atoms with Gasteiger partial charge in [-0.15, -0.1) is 0 Å². The minimum atomic E-state index is -3.84. The summed E-state index contributed by atoms with van der Waals surface area (Å²) in [6.45, 7) is 1.51. The van der Waals surface area contributed by atoms with Gasteiger partial charge in [0.25, 0.3) is 0 Å². The van der Waals surface area contributed by atoms with Gasteiger partial charge in [-0.2, -0.15) is 0 Å². The third-order valence-corrected chi connectivity index (χ3v) is 6.69. The molecular weight excluding hydrogens is 380 g/mol. The van der Waals surface area contributed by atoms with Crippen LogP contribution in [0.1, 0.15) is 55.3 Å². The monoisotopic (exact) mass is 408 g/mol. The van der Waals surface area contributed by atoms with Crippen LogP contribution in [-0.2, 0) is 14.8 Å². The van der Waals surface area contributed by atoms with Crippen LogP contribution in [0, 0.1) is 0 Å². The molecule has 0 bridgehead atoms. The molecule has 1 aromatic rings. The van der Waals surface area contributed by atoms with E-state index in [-0.39, 0.29) is 16.6 Å². The van der Waals surface area contributed by atoms with Crippen LogP contribution in [0.4, 0.5) is 5.69 Å². The molecule has 0 spiro atoms. The smallest absolute Gasteiger partial charge is 0.335 e. The molecule has 2 aliphatic rings. The first-order chi connectivity index (χ1) is 13.5. The number of hydrogen-bond acceptors (Lipinski definition) is 5. The molecule has 1 heterocycles. The first-order valence-corrected chi connectivity index (χ1v) is 11.3. The number of sulfonamides is 1. The Kier molecular flexibility index (Phi) is 7.09. The van der Waals surface area contributed by atoms with E-state index in [9.17, 15) is 18.3 Å². The molecule has 3 N–H and O–H groups in total. The summed E-state index contributed by atoms with van der Waals surface area (Å²) in [7, 11) is -3.84. The SMILES string of the molecule is O=C(O)c1ccc(NCC2CCCO2)c(S(=O)(=O)NCCC2=CCCCC2)c1. The highest BCUT2D eigenvalue weighted by molar-refractivity contribution is 7.89. The molecule has 3 rings (SSSR count). The summed E-state index contributed by atoms with van der Waals surface area (Å²) in [5.74, 6) is -1.16. The van der Waals surface area contributed by atoms with Crippen molar-refractivity contribution in [1.82, 2.24) is 4.72 Å². The van der Waals surface area contributed by atoms with E-state index in [1.54, 1.807) is 0 Å². The molecule has 154 valence electrons. The number of carbonyl (C=O) groups is 1. The summed E-state index contributed by atoms with van der Waals surface area (Å²) in [5.41, 5.74) is 1.62. The predicted molar refractivity (Wildman–Crippen MR) is 107 cm³/mol. The Morgan fingerprint density at radius 1 is 1.25 bits per heavy atom. The molecule has 1 saturated heterocycles. The third-order valence-electron chi connectivity index (χ3n) is 5.19. The van der Waals surface area contributed by atoms with Gasteiger partial charge in [0, 0.05) is 19.7 Å². The van der Waals surface area contributed by atoms with E-state index < -0.39 is 16.0 Å². The maximum absolute atomic E-state index is 12.9. The van der Waals surface area contributed by atoms with Crippen molar-refractivity contribution >= 4 is 21.7 Å². The fourth-order valence-electron chi connectivity index (χ4n) is 3.61. The minimum Gasteiger partial charge on any atom is -0.478 e. The zero-order valence-electron chi connectivity index (χ0n) is 15.9. The number of aromatic carboxylic acids is 1. The van der Waals surface area contributed by atoms with E-state index in [0.717, 1.165) is 32.1 Å². The second-order valence-electron chi connectivity index (χ2n) is 7.29. The minimum absolute atomic E-state index is 0.0389. The van der Waals surface area contributed by atoms with Gasteiger partial charge in [0.1, 0.15) is 4.90 Å². The van der Waals surface area contributed by atoms with Gasteiger partial charge in [0.15, 0.2) is 0 Å². The van der Waals surface area contributed by atoms with E-state index in [4.69, 9.17) is 4.74 Å². The van der Waals surface area contributed by atoms with Gasteiger partial charge in [-0.3, -0.25) is 0 Å². The molecule has 0 aromatic heterocycles. The van der Waals surface area contributed by atoms with Crippen molar-refractivity contribution < 1.29 is 23.1 Å². The van der Waals surface area contributed by atoms with E-state index in [1.807, 2.05) is 0 Å². The number of hydrogen-bond donors (Lipinski definition) is 3. The fraction of sp³-hybridized carbons (Fsp3) is 0.550. The van der Waals surface area contributed by atoms with E-state index >= 15 is 0 Å². The number of ether oxygens (including phenoxy) is 1. The van der Waals surface area contributed by atoms with E-state index in [0.29, 0.717) is 31.8 Å². The van der Waals surface area contributed by atoms with Crippen molar-refractivity contribution in [1.29, 1.82) is 0 Å². The average molecular weight is 409 g/mol. The highest BCUT2D eigenvalue weighted by Crippen LogP contribution is 2.25. The lowest BCUT2D eigenvalue weighted by atomic mass is 9.97. The third kappa shape index (κ3) is 5.56. The van der Waals surface area contributed by atoms with Gasteiger partial charge in [-0.25, -0.2) is 17.9 Å². The van der Waals surface area contributed by atoms with Crippen molar-refractivity contribution in [3.63, 3.8) is 0 Å². The summed E-state index contributed by atoms with van der Waals surface area (Å²) < 4.78 is 33.9. The Morgan fingerprint density at radius 2 is 2.11 bits per heavy atom. The highest BCUT2D eigenvalue weighted by Gasteiger charge is 2.22. The molecule has 0 radical (unpaired) electrons. The van der Waals surface area contributed by atoms with Crippen molar-refractivity contribution in [3.8, 4) is 0 Å². The Labute approximate surface area is 166 Å². The summed E-state index contributed by atoms with van der Waals surface area (Å²) in [4.78, 5) is 11.3. The Bertz CT molecular complexity index is 829. The fourth-order valence-corrected chi connectivity index (χ4v) is 4.85. The maximum Gasteiger partial charge on any atom is 0.335 e. The van der Waals surface area contributed by atoms with Crippen LogP contribution >= 0.6 is 0 Å². The lowest BCUT2D eigenvalue weighted by Gasteiger charge is -2.17. The zero-order chi connectivity index (χ0) is 20.0. The molecule has 0 amide bonds. The van der Waals surface area contributed by atoms with Gasteiger partial charge in [0.2, 0.25) is 10.0 Å². The van der Waals surface area contributed by atoms with Gasteiger partial charge in [0.05, 0.1) is 17.4 Å². The molecule has 0 saturated carbocycles. The van der Waals surface area contributed by atoms with E-state index in [2.05, 4.69) is 16.1 Å². The molecule has 1 unspecified atom stereocenters. The van der Waals surface area contributed by atoms with Crippen LogP contribution in [0.5, 0.6) is 0 Å². The normalized spacial score (nSPS) is 20.0. The first-order valence-electron chi connectivity index (χ1n) is 9.86. The predicted octanol–water partition coefficient (Wildman–Crippen LogP) is 3.14. The second-order valence-corrected chi connectivity index (χ2v) is 9.02. The van der Waals surface area contributed by atoms with Gasteiger partial charge >= 0.3 is 5.97 Å². The number of anilines is 1. The molecule has 28 heavy (non-hydrogen) atoms. The van der Waals surface area contributed by atoms with Gasteiger partial charge < -0.3 is 15.2 Å². The molecule has 8 heteroatoms. The van der Waals surface area contributed by atoms with Crippen LogP contribution in [0.2, 0.25) is 0 Å². The van der Waals surface area contributed by atoms with Crippen LogP contribution in [0.25, 0.3) is 0 Å². The largest absolute Gasteiger partial charge is 0.478 e. The van der Waals surface area contributed by atoms with Crippen molar-refractivity contribution in [2.45, 2.75) is 55.9 Å². The molecular formula is C20H28N2O5S. The highest BCUT2D eigenvalue weighted by atomic mass is 32.2. The number of nitrogens with one attached hydrogen (secondary N) is 2. The molecule has 1 aromatic carbocycles. The lowest BCUT2D eigenvalue weighted by Crippen LogP contribution is -2.27. The lowest BCUT2D eigenvalue weighted by molar-refractivity contribution is 0.0696. The van der Waals surface area contributed by atoms with Crippen molar-refractivity contribution in [3.05, 3.63) is 35.4 Å². The Morgan fingerprint density at radius 3 is 2.79 bits per heavy atom. The number of carboxylic acids is 1. The van der Waals surface area contributed by atoms with Gasteiger partial charge in [-0.05, 0) is 63.1 Å². The van der Waals surface area contributed by atoms with Crippen LogP contribution in [0.15, 0.2) is 34.7 Å². The second kappa shape index (κ2) is 9.54. The molecule has 1 fully saturated rings. The van der Waals surface area contributed by atoms with E-state index in [1.165, 1.54) is 30.2 Å². The molecule has 1 aliphatic carbocycles. The zero-order valence-corrected chi connectivity index (χ0v) is 16.8. The molecule has 1 atom stereocenters. The number of allylic oxidation sites excluding steroid dienone is 1. The van der Waals surface area contributed by atoms with Gasteiger partial charge in [-0.1, -0.05) is 11.6 Å².